The van der Waals surface area contributed by atoms with Crippen molar-refractivity contribution in [3.05, 3.63) is 264 Å². The fourth-order valence-corrected chi connectivity index (χ4v) is 14.0. The van der Waals surface area contributed by atoms with Crippen LogP contribution in [0.2, 0.25) is 0 Å². The summed E-state index contributed by atoms with van der Waals surface area (Å²) in [5.41, 5.74) is -21.6. The van der Waals surface area contributed by atoms with E-state index >= 15 is 52.7 Å². The molecule has 4 aliphatic rings. The van der Waals surface area contributed by atoms with Crippen molar-refractivity contribution in [3.8, 4) is 22.6 Å². The van der Waals surface area contributed by atoms with Gasteiger partial charge in [-0.15, -0.1) is 0 Å². The van der Waals surface area contributed by atoms with Crippen LogP contribution in [-0.2, 0) is 41.5 Å². The third kappa shape index (κ3) is 14.2. The van der Waals surface area contributed by atoms with E-state index in [4.69, 9.17) is 18.9 Å². The summed E-state index contributed by atoms with van der Waals surface area (Å²) >= 11 is 0. The molecule has 0 spiro atoms. The lowest BCUT2D eigenvalue weighted by Crippen LogP contribution is -2.41. The Labute approximate surface area is 655 Å². The fraction of sp³-hybridized carbons (Fsp3) is 0.229. The number of nitrogens with one attached hydrogen (secondary N) is 2. The van der Waals surface area contributed by atoms with E-state index < -0.39 is 220 Å². The minimum Gasteiger partial charge on any atom is -0.460 e. The van der Waals surface area contributed by atoms with E-state index in [0.29, 0.717) is 46.7 Å². The fourth-order valence-electron chi connectivity index (χ4n) is 14.0. The second-order valence-electron chi connectivity index (χ2n) is 28.3. The Morgan fingerprint density at radius 3 is 1.08 bits per heavy atom. The zero-order valence-electron chi connectivity index (χ0n) is 62.5. The second-order valence-corrected chi connectivity index (χ2v) is 28.3. The summed E-state index contributed by atoms with van der Waals surface area (Å²) in [5.74, 6) is -11.9. The number of rotatable bonds is 20. The second kappa shape index (κ2) is 29.7. The molecule has 8 aromatic rings. The number of alkyl halides is 12. The molecule has 12 rings (SSSR count). The predicted octanol–water partition coefficient (Wildman–Crippen LogP) is 15.6. The number of hydrogen-bond donors (Lipinski definition) is 2. The lowest BCUT2D eigenvalue weighted by Gasteiger charge is -2.34. The van der Waals surface area contributed by atoms with Crippen molar-refractivity contribution in [1.29, 1.82) is 0 Å². The maximum absolute atomic E-state index is 16.2. The average Bonchev–Trinajstić information content (AvgIpc) is 1.68. The number of benzene rings is 8. The van der Waals surface area contributed by atoms with Crippen LogP contribution in [0.1, 0.15) is 168 Å². The first-order chi connectivity index (χ1) is 54.6. The molecule has 117 heavy (non-hydrogen) atoms. The van der Waals surface area contributed by atoms with Gasteiger partial charge in [-0.1, -0.05) is 67.8 Å². The number of amides is 10. The van der Waals surface area contributed by atoms with E-state index in [0.717, 1.165) is 141 Å². The Morgan fingerprint density at radius 2 is 0.684 bits per heavy atom. The minimum atomic E-state index is -5.41. The van der Waals surface area contributed by atoms with E-state index in [1.54, 1.807) is 0 Å². The standard InChI is InChI=1S/C83H62F12N6O16/c1-39(2)73(110)114-29-27-96-75(112)116-63-25-15-43(31-42(63)6)77(7,81(87,88)89)48-16-26-64(117-76(113)97-28-30-115-74(111)40(3)4)62(37-48)101-69(106)56-22-14-47(36-60(56)72(101)109)79(9,83(93,94)95)46-12-20-54-58(34-46)70(107)99(67(54)104)49-17-23-51(41(5)32-49)52-24-18-50(38-61(52)80(84,85)86)100-68(105)55-21-13-45(35-59(55)71(100)108)78(8,82(90,91)92)44-11-19-53-57(33-44)66(103)98(10)65(53)102/h11-26,31-38H,1,3,27-30H2,2,4-10H3,(H,96,112)(H,97,113). The van der Waals surface area contributed by atoms with E-state index in [9.17, 15) is 57.5 Å². The highest BCUT2D eigenvalue weighted by Crippen LogP contribution is 2.54. The van der Waals surface area contributed by atoms with Crippen LogP contribution < -0.4 is 34.8 Å². The summed E-state index contributed by atoms with van der Waals surface area (Å²) in [6.07, 6.45) is -23.6. The number of imide groups is 4. The van der Waals surface area contributed by atoms with Gasteiger partial charge in [-0.3, -0.25) is 43.3 Å². The Balaban J connectivity index is 0.820. The lowest BCUT2D eigenvalue weighted by atomic mass is 9.74. The SMILES string of the molecule is C=C(C)C(=O)OCCNC(=O)Oc1ccc(C(C)(c2ccc(OC(=O)NCCOC(=O)C(=C)C)c(N3C(=O)c4ccc(C(C)(c5ccc6c(c5)C(=O)N(c5ccc(-c7ccc(N8C(=O)c9ccc(C(C)(c%10ccc%11c(c%10)C(=O)N(C)C%11=O)C(F)(F)F)cc9C8=O)cc7C(F)(F)F)c(C)c5)C6=O)C(F)(F)F)cc4C3=O)c2)C(F)(F)F)cc1C. The summed E-state index contributed by atoms with van der Waals surface area (Å²) in [5, 5.41) is 4.54. The van der Waals surface area contributed by atoms with Gasteiger partial charge in [0.25, 0.3) is 47.3 Å². The van der Waals surface area contributed by atoms with Gasteiger partial charge in [0.2, 0.25) is 0 Å². The molecule has 0 saturated heterocycles. The first kappa shape index (κ1) is 82.9. The summed E-state index contributed by atoms with van der Waals surface area (Å²) in [6.45, 7) is 12.8. The molecule has 2 N–H and O–H groups in total. The first-order valence-electron chi connectivity index (χ1n) is 35.0. The molecule has 4 aliphatic heterocycles. The number of carbonyl (C=O) groups excluding carboxylic acids is 12. The number of hydrogen-bond acceptors (Lipinski definition) is 16. The van der Waals surface area contributed by atoms with Crippen molar-refractivity contribution >= 4 is 88.4 Å². The van der Waals surface area contributed by atoms with Crippen LogP contribution in [0.25, 0.3) is 11.1 Å². The highest BCUT2D eigenvalue weighted by Gasteiger charge is 2.58. The number of halogens is 12. The molecule has 604 valence electrons. The van der Waals surface area contributed by atoms with Crippen molar-refractivity contribution in [3.63, 3.8) is 0 Å². The molecule has 0 saturated carbocycles. The minimum absolute atomic E-state index is 0.00784. The monoisotopic (exact) mass is 1630 g/mol. The van der Waals surface area contributed by atoms with Crippen LogP contribution >= 0.6 is 0 Å². The Morgan fingerprint density at radius 1 is 0.368 bits per heavy atom. The van der Waals surface area contributed by atoms with Crippen LogP contribution in [0.15, 0.2) is 170 Å². The Kier molecular flexibility index (Phi) is 21.0. The maximum Gasteiger partial charge on any atom is 0.417 e. The highest BCUT2D eigenvalue weighted by molar-refractivity contribution is 6.36. The quantitative estimate of drug-likeness (QED) is 0.0236. The van der Waals surface area contributed by atoms with Gasteiger partial charge in [0, 0.05) is 18.2 Å². The third-order valence-corrected chi connectivity index (χ3v) is 20.9. The molecule has 22 nitrogen and oxygen atoms in total. The summed E-state index contributed by atoms with van der Waals surface area (Å²) < 4.78 is 209. The van der Waals surface area contributed by atoms with E-state index in [1.807, 2.05) is 0 Å². The molecule has 3 atom stereocenters. The normalized spacial score (nSPS) is 15.6. The molecule has 3 unspecified atom stereocenters. The zero-order valence-corrected chi connectivity index (χ0v) is 62.5. The van der Waals surface area contributed by atoms with Crippen LogP contribution in [0.3, 0.4) is 0 Å². The van der Waals surface area contributed by atoms with Gasteiger partial charge in [0.15, 0.2) is 5.75 Å². The van der Waals surface area contributed by atoms with Gasteiger partial charge in [-0.25, -0.2) is 33.9 Å². The van der Waals surface area contributed by atoms with Gasteiger partial charge in [-0.2, -0.15) is 52.7 Å². The number of aryl methyl sites for hydroxylation is 2. The van der Waals surface area contributed by atoms with Crippen molar-refractivity contribution < 1.29 is 129 Å². The van der Waals surface area contributed by atoms with E-state index in [-0.39, 0.29) is 68.5 Å². The van der Waals surface area contributed by atoms with Crippen molar-refractivity contribution in [1.82, 2.24) is 15.5 Å². The molecule has 10 amide bonds. The molecule has 0 fully saturated rings. The molecule has 0 aromatic heterocycles. The molecular formula is C83H62F12N6O16. The van der Waals surface area contributed by atoms with Crippen LogP contribution in [0.5, 0.6) is 11.5 Å². The van der Waals surface area contributed by atoms with Gasteiger partial charge < -0.3 is 29.6 Å². The van der Waals surface area contributed by atoms with Crippen molar-refractivity contribution in [2.45, 2.75) is 89.4 Å². The van der Waals surface area contributed by atoms with Gasteiger partial charge in [0.1, 0.15) is 35.2 Å². The molecule has 0 radical (unpaired) electrons. The molecule has 0 bridgehead atoms. The first-order valence-corrected chi connectivity index (χ1v) is 35.0. The van der Waals surface area contributed by atoms with Crippen LogP contribution in [0, 0.1) is 13.8 Å². The molecular weight excluding hydrogens is 1560 g/mol. The summed E-state index contributed by atoms with van der Waals surface area (Å²) in [7, 11) is 1.14. The third-order valence-electron chi connectivity index (χ3n) is 20.9. The predicted molar refractivity (Wildman–Crippen MR) is 392 cm³/mol. The topological polar surface area (TPSA) is 279 Å². The summed E-state index contributed by atoms with van der Waals surface area (Å²) in [6, 6.07) is 21.0. The van der Waals surface area contributed by atoms with Gasteiger partial charge in [-0.05, 0) is 195 Å². The Bertz CT molecular complexity index is 5750. The maximum atomic E-state index is 16.2. The van der Waals surface area contributed by atoms with Crippen LogP contribution in [0.4, 0.5) is 79.3 Å². The van der Waals surface area contributed by atoms with Gasteiger partial charge in [0.05, 0.1) is 80.2 Å². The van der Waals surface area contributed by atoms with Crippen molar-refractivity contribution in [2.75, 3.05) is 48.1 Å². The highest BCUT2D eigenvalue weighted by atomic mass is 19.4. The van der Waals surface area contributed by atoms with Crippen molar-refractivity contribution in [2.24, 2.45) is 0 Å². The number of anilines is 3. The number of ether oxygens (including phenoxy) is 4. The smallest absolute Gasteiger partial charge is 0.417 e. The lowest BCUT2D eigenvalue weighted by molar-refractivity contribution is -0.173. The van der Waals surface area contributed by atoms with E-state index in [1.165, 1.54) is 27.7 Å². The average molecular weight is 1630 g/mol. The Hall–Kier alpha value is -13.6. The number of fused-ring (bicyclic) bond motifs is 4. The number of nitrogens with zero attached hydrogens (tertiary/aromatic N) is 4. The number of carbonyl (C=O) groups is 12. The zero-order chi connectivity index (χ0) is 85.8. The van der Waals surface area contributed by atoms with Gasteiger partial charge >= 0.3 is 48.8 Å². The largest absolute Gasteiger partial charge is 0.460 e. The van der Waals surface area contributed by atoms with Crippen LogP contribution in [-0.4, -0.2) is 128 Å². The number of esters is 2. The molecule has 0 aliphatic carbocycles. The molecule has 34 heteroatoms. The summed E-state index contributed by atoms with van der Waals surface area (Å²) in [4.78, 5) is 164. The molecule has 4 heterocycles. The van der Waals surface area contributed by atoms with E-state index in [2.05, 4.69) is 23.8 Å². The molecule has 8 aromatic carbocycles.